The van der Waals surface area contributed by atoms with Gasteiger partial charge in [-0.15, -0.1) is 29.1 Å². The Morgan fingerprint density at radius 1 is 0.843 bits per heavy atom. The largest absolute Gasteiger partial charge is 0.512 e. The predicted molar refractivity (Wildman–Crippen MR) is 205 cm³/mol. The zero-order valence-electron chi connectivity index (χ0n) is 31.7. The topological polar surface area (TPSA) is 89.4 Å². The molecule has 1 N–H and O–H groups in total. The number of benzene rings is 3. The number of carbonyl (C=O) groups excluding carboxylic acids is 1. The molecule has 0 aliphatic rings. The van der Waals surface area contributed by atoms with Crippen molar-refractivity contribution in [3.63, 3.8) is 0 Å². The number of nitrogens with zero attached hydrogens (tertiary/aromatic N) is 2. The molecule has 271 valence electrons. The van der Waals surface area contributed by atoms with E-state index in [2.05, 4.69) is 67.1 Å². The summed E-state index contributed by atoms with van der Waals surface area (Å²) < 4.78 is 12.2. The standard InChI is InChI=1S/C29H23N2O2.C15H28O2.Ir/c1-17-15-32-27-20(17)10-7-11-22(27)25-14-24-28(33-25)26(31-16-30-24)19-12-18-8-5-6-9-21(18)23(13-19)29(2,3)4;1-7-14(5,8-2)12(16)11-13(17)15(6,9-3)10-4;/h5-11,13-16H,1-4H3;11,16H,7-10H2,1-6H3;/q-1;;/b;12-11-;. The maximum atomic E-state index is 12.2. The van der Waals surface area contributed by atoms with E-state index < -0.39 is 0 Å². The number of furan rings is 2. The monoisotopic (exact) mass is 864 g/mol. The zero-order valence-corrected chi connectivity index (χ0v) is 34.1. The van der Waals surface area contributed by atoms with Crippen LogP contribution in [0.5, 0.6) is 0 Å². The molecule has 3 heterocycles. The predicted octanol–water partition coefficient (Wildman–Crippen LogP) is 12.5. The second-order valence-corrected chi connectivity index (χ2v) is 15.0. The van der Waals surface area contributed by atoms with E-state index in [1.54, 1.807) is 12.6 Å². The summed E-state index contributed by atoms with van der Waals surface area (Å²) in [5.74, 6) is 0.997. The molecule has 0 aliphatic heterocycles. The third-order valence-corrected chi connectivity index (χ3v) is 10.8. The summed E-state index contributed by atoms with van der Waals surface area (Å²) in [7, 11) is 0. The van der Waals surface area contributed by atoms with Crippen LogP contribution in [0.2, 0.25) is 0 Å². The minimum absolute atomic E-state index is 0. The Balaban J connectivity index is 0.000000279. The van der Waals surface area contributed by atoms with Gasteiger partial charge in [-0.05, 0) is 49.7 Å². The van der Waals surface area contributed by atoms with Gasteiger partial charge in [-0.3, -0.25) is 9.78 Å². The van der Waals surface area contributed by atoms with Gasteiger partial charge in [-0.25, -0.2) is 4.98 Å². The third kappa shape index (κ3) is 7.90. The SMILES string of the molecule is CCC(C)(CC)C(=O)/C=C(\O)C(C)(CC)CC.Cc1coc2c(-c3cc4ncnc(-c5[c-]c6ccccc6c(C(C)(C)C)c5)c4o3)cccc12.[Ir]. The van der Waals surface area contributed by atoms with Crippen molar-refractivity contribution in [2.45, 2.75) is 100 Å². The average molecular weight is 864 g/mol. The number of fused-ring (bicyclic) bond motifs is 3. The van der Waals surface area contributed by atoms with Crippen molar-refractivity contribution < 1.29 is 38.8 Å². The summed E-state index contributed by atoms with van der Waals surface area (Å²) in [6.07, 6.45) is 8.12. The van der Waals surface area contributed by atoms with Gasteiger partial charge in [-0.1, -0.05) is 104 Å². The van der Waals surface area contributed by atoms with E-state index in [0.717, 1.165) is 69.9 Å². The van der Waals surface area contributed by atoms with Crippen molar-refractivity contribution in [1.82, 2.24) is 9.97 Å². The summed E-state index contributed by atoms with van der Waals surface area (Å²) in [6.45, 7) is 20.8. The molecule has 3 aromatic carbocycles. The van der Waals surface area contributed by atoms with E-state index in [-0.39, 0.29) is 47.9 Å². The molecule has 0 bridgehead atoms. The van der Waals surface area contributed by atoms with Gasteiger partial charge < -0.3 is 13.9 Å². The first-order chi connectivity index (χ1) is 23.7. The van der Waals surface area contributed by atoms with Crippen molar-refractivity contribution >= 4 is 38.6 Å². The van der Waals surface area contributed by atoms with E-state index in [4.69, 9.17) is 8.83 Å². The Labute approximate surface area is 316 Å². The summed E-state index contributed by atoms with van der Waals surface area (Å²) >= 11 is 0. The average Bonchev–Trinajstić information content (AvgIpc) is 3.73. The number of rotatable bonds is 9. The number of ketones is 1. The van der Waals surface area contributed by atoms with Gasteiger partial charge in [0.1, 0.15) is 34.5 Å². The molecular weight excluding hydrogens is 813 g/mol. The maximum absolute atomic E-state index is 12.2. The second-order valence-electron chi connectivity index (χ2n) is 15.0. The van der Waals surface area contributed by atoms with Crippen molar-refractivity contribution in [3.05, 3.63) is 96.2 Å². The molecule has 6 rings (SSSR count). The molecule has 0 aliphatic carbocycles. The Bertz CT molecular complexity index is 2170. The van der Waals surface area contributed by atoms with Crippen LogP contribution in [0, 0.1) is 23.8 Å². The first-order valence-electron chi connectivity index (χ1n) is 17.8. The second kappa shape index (κ2) is 15.7. The fourth-order valence-corrected chi connectivity index (χ4v) is 6.22. The molecule has 0 amide bonds. The first-order valence-corrected chi connectivity index (χ1v) is 17.8. The van der Waals surface area contributed by atoms with Gasteiger partial charge in [-0.2, -0.15) is 0 Å². The Morgan fingerprint density at radius 2 is 1.49 bits per heavy atom. The number of para-hydroxylation sites is 1. The van der Waals surface area contributed by atoms with E-state index >= 15 is 0 Å². The minimum atomic E-state index is -0.337. The number of aromatic nitrogens is 2. The molecule has 1 radical (unpaired) electrons. The minimum Gasteiger partial charge on any atom is -0.512 e. The number of hydrogen-bond acceptors (Lipinski definition) is 6. The molecule has 3 aromatic heterocycles. The molecule has 51 heavy (non-hydrogen) atoms. The molecule has 0 unspecified atom stereocenters. The molecule has 0 saturated heterocycles. The van der Waals surface area contributed by atoms with Crippen LogP contribution < -0.4 is 0 Å². The van der Waals surface area contributed by atoms with Gasteiger partial charge in [0.05, 0.1) is 17.5 Å². The molecule has 0 atom stereocenters. The third-order valence-electron chi connectivity index (χ3n) is 10.8. The van der Waals surface area contributed by atoms with Crippen molar-refractivity contribution in [2.24, 2.45) is 10.8 Å². The Hall–Kier alpha value is -4.06. The van der Waals surface area contributed by atoms with Crippen LogP contribution in [0.1, 0.15) is 99.1 Å². The molecule has 7 heteroatoms. The number of allylic oxidation sites excluding steroid dienone is 2. The van der Waals surface area contributed by atoms with E-state index in [0.29, 0.717) is 11.3 Å². The Kier molecular flexibility index (Phi) is 12.2. The van der Waals surface area contributed by atoms with Crippen LogP contribution in [-0.4, -0.2) is 20.9 Å². The summed E-state index contributed by atoms with van der Waals surface area (Å²) in [4.78, 5) is 21.3. The van der Waals surface area contributed by atoms with E-state index in [1.807, 2.05) is 72.7 Å². The zero-order chi connectivity index (χ0) is 36.4. The molecule has 0 fully saturated rings. The van der Waals surface area contributed by atoms with Crippen LogP contribution in [0.15, 0.2) is 87.9 Å². The number of aliphatic hydroxyl groups excluding tert-OH is 1. The smallest absolute Gasteiger partial charge is 0.164 e. The number of aliphatic hydroxyl groups is 1. The summed E-state index contributed by atoms with van der Waals surface area (Å²) in [5.41, 5.74) is 6.49. The van der Waals surface area contributed by atoms with Gasteiger partial charge >= 0.3 is 0 Å². The van der Waals surface area contributed by atoms with E-state index in [9.17, 15) is 9.90 Å². The normalized spacial score (nSPS) is 12.5. The summed E-state index contributed by atoms with van der Waals surface area (Å²) in [5, 5.41) is 13.5. The molecular formula is C44H51IrN2O4-. The van der Waals surface area contributed by atoms with Crippen molar-refractivity contribution in [1.29, 1.82) is 0 Å². The van der Waals surface area contributed by atoms with Crippen LogP contribution in [0.25, 0.3) is 55.4 Å². The fraction of sp³-hybridized carbons (Fsp3) is 0.386. The Morgan fingerprint density at radius 3 is 2.14 bits per heavy atom. The van der Waals surface area contributed by atoms with Gasteiger partial charge in [0, 0.05) is 48.5 Å². The van der Waals surface area contributed by atoms with E-state index in [1.165, 1.54) is 17.0 Å². The molecule has 0 spiro atoms. The van der Waals surface area contributed by atoms with Crippen molar-refractivity contribution in [2.75, 3.05) is 0 Å². The molecule has 6 nitrogen and oxygen atoms in total. The van der Waals surface area contributed by atoms with Gasteiger partial charge in [0.15, 0.2) is 5.78 Å². The number of hydrogen-bond donors (Lipinski definition) is 1. The van der Waals surface area contributed by atoms with Crippen LogP contribution in [-0.2, 0) is 30.3 Å². The number of carbonyl (C=O) groups is 1. The van der Waals surface area contributed by atoms with Crippen LogP contribution in [0.4, 0.5) is 0 Å². The molecule has 6 aromatic rings. The summed E-state index contributed by atoms with van der Waals surface area (Å²) in [6, 6.07) is 22.2. The van der Waals surface area contributed by atoms with Gasteiger partial charge in [0.25, 0.3) is 0 Å². The fourth-order valence-electron chi connectivity index (χ4n) is 6.22. The van der Waals surface area contributed by atoms with Crippen LogP contribution >= 0.6 is 0 Å². The quantitative estimate of drug-likeness (QED) is 0.0885. The van der Waals surface area contributed by atoms with Gasteiger partial charge in [0.2, 0.25) is 0 Å². The van der Waals surface area contributed by atoms with Crippen LogP contribution in [0.3, 0.4) is 0 Å². The van der Waals surface area contributed by atoms with Crippen molar-refractivity contribution in [3.8, 4) is 22.6 Å². The first kappa shape index (κ1) is 39.7. The maximum Gasteiger partial charge on any atom is 0.164 e. The molecule has 0 saturated carbocycles. The number of aryl methyl sites for hydroxylation is 1.